The molecule has 0 aliphatic carbocycles. The normalized spacial score (nSPS) is 11.2. The van der Waals surface area contributed by atoms with Gasteiger partial charge < -0.3 is 14.6 Å². The van der Waals surface area contributed by atoms with Gasteiger partial charge in [-0.05, 0) is 44.2 Å². The fraction of sp³-hybridized carbons (Fsp3) is 0.211. The maximum absolute atomic E-state index is 12.6. The summed E-state index contributed by atoms with van der Waals surface area (Å²) >= 11 is 3.00. The molecule has 138 valence electrons. The zero-order chi connectivity index (χ0) is 19.0. The molecule has 1 N–H and O–H groups in total. The summed E-state index contributed by atoms with van der Waals surface area (Å²) in [7, 11) is 0. The Kier molecular flexibility index (Phi) is 4.67. The SMILES string of the molecule is CCN(CC)c1nc2sc(C(=O)Nc3ccc4oc(=O)ccc4c3)cc2s1. The van der Waals surface area contributed by atoms with E-state index < -0.39 is 5.63 Å². The van der Waals surface area contributed by atoms with Gasteiger partial charge in [0.25, 0.3) is 5.91 Å². The summed E-state index contributed by atoms with van der Waals surface area (Å²) in [5, 5.41) is 4.64. The second kappa shape index (κ2) is 7.13. The van der Waals surface area contributed by atoms with E-state index in [1.54, 1.807) is 35.6 Å². The van der Waals surface area contributed by atoms with Crippen LogP contribution in [-0.4, -0.2) is 24.0 Å². The lowest BCUT2D eigenvalue weighted by Crippen LogP contribution is -2.21. The molecule has 0 spiro atoms. The average Bonchev–Trinajstić information content (AvgIpc) is 3.22. The molecule has 3 aromatic heterocycles. The molecule has 0 aliphatic heterocycles. The van der Waals surface area contributed by atoms with E-state index in [1.807, 2.05) is 6.07 Å². The summed E-state index contributed by atoms with van der Waals surface area (Å²) in [6, 6.07) is 10.1. The Morgan fingerprint density at radius 1 is 1.15 bits per heavy atom. The van der Waals surface area contributed by atoms with Crippen molar-refractivity contribution in [1.29, 1.82) is 0 Å². The zero-order valence-electron chi connectivity index (χ0n) is 14.8. The largest absolute Gasteiger partial charge is 0.423 e. The van der Waals surface area contributed by atoms with Gasteiger partial charge in [-0.2, -0.15) is 0 Å². The number of hydrogen-bond donors (Lipinski definition) is 1. The lowest BCUT2D eigenvalue weighted by atomic mass is 10.2. The van der Waals surface area contributed by atoms with Crippen molar-refractivity contribution in [2.75, 3.05) is 23.3 Å². The van der Waals surface area contributed by atoms with Gasteiger partial charge in [-0.15, -0.1) is 11.3 Å². The highest BCUT2D eigenvalue weighted by atomic mass is 32.1. The van der Waals surface area contributed by atoms with Crippen LogP contribution in [0.3, 0.4) is 0 Å². The molecule has 1 aromatic carbocycles. The number of thiophene rings is 1. The molecule has 0 atom stereocenters. The molecule has 4 aromatic rings. The summed E-state index contributed by atoms with van der Waals surface area (Å²) in [6.45, 7) is 6.03. The van der Waals surface area contributed by atoms with Crippen molar-refractivity contribution < 1.29 is 9.21 Å². The van der Waals surface area contributed by atoms with Crippen molar-refractivity contribution >= 4 is 59.9 Å². The van der Waals surface area contributed by atoms with Crippen LogP contribution in [0.4, 0.5) is 10.8 Å². The Balaban J connectivity index is 1.56. The Morgan fingerprint density at radius 2 is 1.96 bits per heavy atom. The fourth-order valence-electron chi connectivity index (χ4n) is 2.81. The summed E-state index contributed by atoms with van der Waals surface area (Å²) in [5.41, 5.74) is 0.745. The molecular weight excluding hydrogens is 382 g/mol. The van der Waals surface area contributed by atoms with E-state index in [2.05, 4.69) is 29.0 Å². The molecule has 0 radical (unpaired) electrons. The first-order valence-corrected chi connectivity index (χ1v) is 10.2. The molecule has 6 nitrogen and oxygen atoms in total. The third-order valence-electron chi connectivity index (χ3n) is 4.21. The molecule has 4 rings (SSSR count). The van der Waals surface area contributed by atoms with Gasteiger partial charge in [0.1, 0.15) is 10.4 Å². The molecule has 8 heteroatoms. The minimum atomic E-state index is -0.394. The second-order valence-corrected chi connectivity index (χ2v) is 7.95. The minimum Gasteiger partial charge on any atom is -0.423 e. The third kappa shape index (κ3) is 3.45. The molecule has 1 amide bonds. The first kappa shape index (κ1) is 17.7. The Bertz CT molecular complexity index is 1160. The number of nitrogens with one attached hydrogen (secondary N) is 1. The Hall–Kier alpha value is -2.71. The fourth-order valence-corrected chi connectivity index (χ4v) is 5.04. The van der Waals surface area contributed by atoms with Gasteiger partial charge in [0, 0.05) is 30.2 Å². The predicted octanol–water partition coefficient (Wildman–Crippen LogP) is 4.56. The topological polar surface area (TPSA) is 75.4 Å². The number of carbonyl (C=O) groups excluding carboxylic acids is 1. The van der Waals surface area contributed by atoms with Crippen molar-refractivity contribution in [2.45, 2.75) is 13.8 Å². The summed E-state index contributed by atoms with van der Waals surface area (Å²) in [4.78, 5) is 32.2. The van der Waals surface area contributed by atoms with Crippen molar-refractivity contribution in [2.24, 2.45) is 0 Å². The van der Waals surface area contributed by atoms with E-state index in [0.717, 1.165) is 33.1 Å². The molecule has 0 saturated heterocycles. The maximum Gasteiger partial charge on any atom is 0.336 e. The molecular formula is C19H17N3O3S2. The van der Waals surface area contributed by atoms with Crippen LogP contribution in [0.15, 0.2) is 45.6 Å². The lowest BCUT2D eigenvalue weighted by molar-refractivity contribution is 0.103. The lowest BCUT2D eigenvalue weighted by Gasteiger charge is -2.16. The van der Waals surface area contributed by atoms with Crippen LogP contribution in [0.1, 0.15) is 23.5 Å². The zero-order valence-corrected chi connectivity index (χ0v) is 16.4. The maximum atomic E-state index is 12.6. The summed E-state index contributed by atoms with van der Waals surface area (Å²) < 4.78 is 6.13. The monoisotopic (exact) mass is 399 g/mol. The molecule has 0 aliphatic rings. The number of thiazole rings is 1. The summed E-state index contributed by atoms with van der Waals surface area (Å²) in [5.74, 6) is -0.175. The number of benzene rings is 1. The van der Waals surface area contributed by atoms with Gasteiger partial charge in [-0.25, -0.2) is 9.78 Å². The van der Waals surface area contributed by atoms with Crippen LogP contribution >= 0.6 is 22.7 Å². The smallest absolute Gasteiger partial charge is 0.336 e. The standard InChI is InChI=1S/C19H17N3O3S2/c1-3-22(4-2)19-21-18-15(27-19)10-14(26-18)17(24)20-12-6-7-13-11(9-12)5-8-16(23)25-13/h5-10H,3-4H2,1-2H3,(H,20,24). The van der Waals surface area contributed by atoms with Gasteiger partial charge >= 0.3 is 5.63 Å². The van der Waals surface area contributed by atoms with Gasteiger partial charge in [0.05, 0.1) is 9.58 Å². The van der Waals surface area contributed by atoms with Gasteiger partial charge in [-0.1, -0.05) is 11.3 Å². The molecule has 3 heterocycles. The number of fused-ring (bicyclic) bond motifs is 2. The molecule has 0 saturated carbocycles. The van der Waals surface area contributed by atoms with E-state index in [9.17, 15) is 9.59 Å². The molecule has 0 bridgehead atoms. The van der Waals surface area contributed by atoms with Crippen molar-refractivity contribution in [1.82, 2.24) is 4.98 Å². The van der Waals surface area contributed by atoms with E-state index >= 15 is 0 Å². The van der Waals surface area contributed by atoms with Crippen LogP contribution in [0.25, 0.3) is 20.5 Å². The van der Waals surface area contributed by atoms with Gasteiger partial charge in [-0.3, -0.25) is 4.79 Å². The molecule has 27 heavy (non-hydrogen) atoms. The second-order valence-electron chi connectivity index (χ2n) is 5.91. The highest BCUT2D eigenvalue weighted by Crippen LogP contribution is 2.35. The minimum absolute atomic E-state index is 0.175. The van der Waals surface area contributed by atoms with Gasteiger partial charge in [0.15, 0.2) is 5.13 Å². The van der Waals surface area contributed by atoms with E-state index in [4.69, 9.17) is 4.42 Å². The van der Waals surface area contributed by atoms with Crippen molar-refractivity contribution in [3.05, 3.63) is 51.7 Å². The Labute approximate surface area is 163 Å². The van der Waals surface area contributed by atoms with E-state index in [1.165, 1.54) is 17.4 Å². The molecule has 0 unspecified atom stereocenters. The number of anilines is 2. The van der Waals surface area contributed by atoms with E-state index in [-0.39, 0.29) is 5.91 Å². The third-order valence-corrected chi connectivity index (χ3v) is 6.43. The number of rotatable bonds is 5. The van der Waals surface area contributed by atoms with Crippen molar-refractivity contribution in [3.63, 3.8) is 0 Å². The summed E-state index contributed by atoms with van der Waals surface area (Å²) in [6.07, 6.45) is 0. The number of carbonyl (C=O) groups is 1. The van der Waals surface area contributed by atoms with Crippen molar-refractivity contribution in [3.8, 4) is 0 Å². The average molecular weight is 399 g/mol. The predicted molar refractivity (Wildman–Crippen MR) is 111 cm³/mol. The van der Waals surface area contributed by atoms with Gasteiger partial charge in [0.2, 0.25) is 0 Å². The number of amides is 1. The first-order valence-electron chi connectivity index (χ1n) is 8.58. The number of hydrogen-bond acceptors (Lipinski definition) is 7. The van der Waals surface area contributed by atoms with Crippen LogP contribution in [0.2, 0.25) is 0 Å². The van der Waals surface area contributed by atoms with Crippen LogP contribution in [0.5, 0.6) is 0 Å². The van der Waals surface area contributed by atoms with Crippen LogP contribution in [0, 0.1) is 0 Å². The van der Waals surface area contributed by atoms with Crippen LogP contribution in [-0.2, 0) is 0 Å². The molecule has 0 fully saturated rings. The number of nitrogens with zero attached hydrogens (tertiary/aromatic N) is 2. The quantitative estimate of drug-likeness (QED) is 0.498. The number of aromatic nitrogens is 1. The highest BCUT2D eigenvalue weighted by Gasteiger charge is 2.16. The highest BCUT2D eigenvalue weighted by molar-refractivity contribution is 7.29. The Morgan fingerprint density at radius 3 is 2.70 bits per heavy atom. The van der Waals surface area contributed by atoms with Crippen LogP contribution < -0.4 is 15.8 Å². The first-order chi connectivity index (χ1) is 13.1. The van der Waals surface area contributed by atoms with E-state index in [0.29, 0.717) is 16.1 Å².